The topological polar surface area (TPSA) is 201 Å². The maximum atomic E-state index is 16.7. The summed E-state index contributed by atoms with van der Waals surface area (Å²) in [6.45, 7) is 5.96. The number of carbonyl (C=O) groups excluding carboxylic acids is 2. The molecule has 2 aliphatic heterocycles. The molecule has 318 valence electrons. The molecule has 0 radical (unpaired) electrons. The van der Waals surface area contributed by atoms with Crippen LogP contribution in [0.2, 0.25) is 0 Å². The van der Waals surface area contributed by atoms with E-state index in [0.717, 1.165) is 25.0 Å². The molecule has 2 saturated heterocycles. The highest BCUT2D eigenvalue weighted by molar-refractivity contribution is 7.86. The number of nitrogens with one attached hydrogen (secondary N) is 1. The molecule has 2 bridgehead atoms. The summed E-state index contributed by atoms with van der Waals surface area (Å²) in [5.74, 6) is -3.91. The molecule has 2 amide bonds. The van der Waals surface area contributed by atoms with Gasteiger partial charge in [0.15, 0.2) is 5.82 Å². The van der Waals surface area contributed by atoms with Gasteiger partial charge in [0.1, 0.15) is 35.0 Å². The van der Waals surface area contributed by atoms with Crippen molar-refractivity contribution in [3.05, 3.63) is 78.2 Å². The lowest BCUT2D eigenvalue weighted by Gasteiger charge is -2.42. The number of phenolic OH excluding ortho intramolecular Hbond substituents is 1. The highest BCUT2D eigenvalue weighted by Crippen LogP contribution is 2.39. The van der Waals surface area contributed by atoms with Gasteiger partial charge in [-0.3, -0.25) is 14.7 Å². The number of nitrogens with zero attached hydrogens (tertiary/aromatic N) is 5. The number of piperazine rings is 1. The average molecular weight is 861 g/mol. The zero-order valence-corrected chi connectivity index (χ0v) is 32.9. The number of amides is 2. The molecular weight excluding hydrogens is 824 g/mol. The lowest BCUT2D eigenvalue weighted by atomic mass is 10.00. The zero-order chi connectivity index (χ0) is 43.7. The Labute approximate surface area is 339 Å². The van der Waals surface area contributed by atoms with Crippen molar-refractivity contribution in [3.63, 3.8) is 0 Å². The number of hydrogen-bond acceptors (Lipinski definition) is 12. The predicted molar refractivity (Wildman–Crippen MR) is 205 cm³/mol. The Kier molecular flexibility index (Phi) is 12.0. The van der Waals surface area contributed by atoms with E-state index < -0.39 is 50.7 Å². The smallest absolute Gasteiger partial charge is 0.490 e. The van der Waals surface area contributed by atoms with Crippen LogP contribution in [0.1, 0.15) is 44.0 Å². The number of aliphatic carboxylic acids is 1. The summed E-state index contributed by atoms with van der Waals surface area (Å²) in [5, 5.41) is 21.8. The van der Waals surface area contributed by atoms with Crippen molar-refractivity contribution in [1.29, 1.82) is 0 Å². The number of benzene rings is 3. The summed E-state index contributed by atoms with van der Waals surface area (Å²) < 4.78 is 96.1. The summed E-state index contributed by atoms with van der Waals surface area (Å²) >= 11 is 0. The van der Waals surface area contributed by atoms with Gasteiger partial charge in [0, 0.05) is 30.4 Å². The van der Waals surface area contributed by atoms with E-state index in [9.17, 15) is 40.2 Å². The normalized spacial score (nSPS) is 16.6. The molecule has 0 spiro atoms. The van der Waals surface area contributed by atoms with Crippen LogP contribution in [0, 0.1) is 5.82 Å². The lowest BCUT2D eigenvalue weighted by Crippen LogP contribution is -2.57. The van der Waals surface area contributed by atoms with Crippen LogP contribution < -0.4 is 15.0 Å². The average Bonchev–Trinajstić information content (AvgIpc) is 3.44. The number of pyridine rings is 1. The molecular formula is C39H37F5N6O9S. The molecule has 60 heavy (non-hydrogen) atoms. The lowest BCUT2D eigenvalue weighted by molar-refractivity contribution is -0.192. The number of fused-ring (bicyclic) bond motifs is 4. The third-order valence-electron chi connectivity index (χ3n) is 9.37. The monoisotopic (exact) mass is 860 g/mol. The van der Waals surface area contributed by atoms with Crippen LogP contribution >= 0.6 is 0 Å². The standard InChI is InChI=1S/C37H36F2N6O7S.C2HF3O2/c1-37(2,3)52-36(48)45-23-11-12-24(45)20-44(19-23)33-29-18-41-31(28-17-25(46)15-21-7-4-5-10-27(21)28)30(38)32(29)42-35(43-33)51-14-13-40-34(47)22-8-6-9-26(16-22)53(39,49)50;3-2(4,5)1(6)7/h4-10,15-18,23-24,46H,11-14,19-20H2,1-3H3,(H,40,47);(H,6,7)/t23-,24+;. The Morgan fingerprint density at radius 3 is 2.25 bits per heavy atom. The van der Waals surface area contributed by atoms with Gasteiger partial charge >= 0.3 is 34.5 Å². The van der Waals surface area contributed by atoms with Gasteiger partial charge in [0.2, 0.25) is 0 Å². The van der Waals surface area contributed by atoms with Gasteiger partial charge in [-0.25, -0.2) is 14.0 Å². The highest BCUT2D eigenvalue weighted by Gasteiger charge is 2.45. The molecule has 0 unspecified atom stereocenters. The Morgan fingerprint density at radius 2 is 1.62 bits per heavy atom. The molecule has 21 heteroatoms. The van der Waals surface area contributed by atoms with E-state index >= 15 is 4.39 Å². The number of hydrogen-bond donors (Lipinski definition) is 3. The maximum absolute atomic E-state index is 16.7. The first-order valence-electron chi connectivity index (χ1n) is 18.2. The number of aromatic nitrogens is 3. The second-order valence-electron chi connectivity index (χ2n) is 14.8. The minimum atomic E-state index is -5.08. The number of phenols is 1. The molecule has 2 aliphatic rings. The van der Waals surface area contributed by atoms with Crippen LogP contribution in [-0.4, -0.2) is 107 Å². The van der Waals surface area contributed by atoms with Gasteiger partial charge in [0.05, 0.1) is 28.9 Å². The van der Waals surface area contributed by atoms with E-state index in [4.69, 9.17) is 19.4 Å². The zero-order valence-electron chi connectivity index (χ0n) is 32.0. The first-order chi connectivity index (χ1) is 28.1. The van der Waals surface area contributed by atoms with Crippen molar-refractivity contribution in [2.45, 2.75) is 62.4 Å². The van der Waals surface area contributed by atoms with E-state index in [1.54, 1.807) is 29.2 Å². The van der Waals surface area contributed by atoms with Crippen molar-refractivity contribution in [1.82, 2.24) is 25.2 Å². The molecule has 7 rings (SSSR count). The first-order valence-corrected chi connectivity index (χ1v) is 19.6. The minimum Gasteiger partial charge on any atom is -0.508 e. The van der Waals surface area contributed by atoms with Crippen molar-refractivity contribution >= 4 is 55.7 Å². The molecule has 3 aromatic carbocycles. The molecule has 3 N–H and O–H groups in total. The van der Waals surface area contributed by atoms with E-state index in [1.807, 2.05) is 31.7 Å². The number of ether oxygens (including phenoxy) is 2. The molecule has 0 aliphatic carbocycles. The summed E-state index contributed by atoms with van der Waals surface area (Å²) in [4.78, 5) is 51.4. The van der Waals surface area contributed by atoms with E-state index in [1.165, 1.54) is 24.4 Å². The van der Waals surface area contributed by atoms with Crippen molar-refractivity contribution in [2.24, 2.45) is 0 Å². The number of aromatic hydroxyl groups is 1. The molecule has 15 nitrogen and oxygen atoms in total. The predicted octanol–water partition coefficient (Wildman–Crippen LogP) is 6.38. The molecule has 2 atom stereocenters. The fraction of sp³-hybridized carbons (Fsp3) is 0.333. The van der Waals surface area contributed by atoms with E-state index in [2.05, 4.69) is 20.3 Å². The molecule has 2 fully saturated rings. The van der Waals surface area contributed by atoms with Gasteiger partial charge in [-0.05, 0) is 74.7 Å². The fourth-order valence-corrected chi connectivity index (χ4v) is 7.40. The SMILES string of the molecule is CC(C)(C)OC(=O)N1[C@@H]2CC[C@H]1CN(c1nc(OCCNC(=O)c3cccc(S(=O)(=O)F)c3)nc3c(F)c(-c4cc(O)cc5ccccc45)ncc13)C2.O=C(O)C(F)(F)F. The third kappa shape index (κ3) is 9.73. The van der Waals surface area contributed by atoms with Crippen LogP contribution in [0.15, 0.2) is 71.8 Å². The Hall–Kier alpha value is -6.38. The number of carbonyl (C=O) groups is 3. The number of halogens is 5. The number of carboxylic acid groups (broad SMARTS) is 1. The van der Waals surface area contributed by atoms with Gasteiger partial charge in [-0.2, -0.15) is 31.6 Å². The quantitative estimate of drug-likeness (QED) is 0.0883. The van der Waals surface area contributed by atoms with E-state index in [-0.39, 0.29) is 53.8 Å². The number of alkyl halides is 3. The van der Waals surface area contributed by atoms with Gasteiger partial charge in [-0.15, -0.1) is 3.89 Å². The second kappa shape index (κ2) is 16.7. The third-order valence-corrected chi connectivity index (χ3v) is 10.2. The van der Waals surface area contributed by atoms with Crippen LogP contribution in [0.4, 0.5) is 32.1 Å². The van der Waals surface area contributed by atoms with Gasteiger partial charge < -0.3 is 29.9 Å². The Morgan fingerprint density at radius 1 is 0.950 bits per heavy atom. The number of rotatable bonds is 8. The van der Waals surface area contributed by atoms with Gasteiger partial charge in [0.25, 0.3) is 5.91 Å². The molecule has 0 saturated carbocycles. The van der Waals surface area contributed by atoms with Crippen LogP contribution in [0.3, 0.4) is 0 Å². The first kappa shape index (κ1) is 43.2. The largest absolute Gasteiger partial charge is 0.508 e. The van der Waals surface area contributed by atoms with Crippen molar-refractivity contribution in [2.75, 3.05) is 31.1 Å². The van der Waals surface area contributed by atoms with Crippen LogP contribution in [-0.2, 0) is 19.8 Å². The van der Waals surface area contributed by atoms with Gasteiger partial charge in [-0.1, -0.05) is 30.3 Å². The van der Waals surface area contributed by atoms with Crippen LogP contribution in [0.5, 0.6) is 11.8 Å². The molecule has 4 heterocycles. The highest BCUT2D eigenvalue weighted by atomic mass is 32.3. The number of anilines is 1. The molecule has 5 aromatic rings. The van der Waals surface area contributed by atoms with Crippen molar-refractivity contribution < 1.29 is 63.9 Å². The minimum absolute atomic E-state index is 0.0419. The van der Waals surface area contributed by atoms with Crippen LogP contribution in [0.25, 0.3) is 32.9 Å². The van der Waals surface area contributed by atoms with E-state index in [0.29, 0.717) is 40.6 Å². The summed E-state index contributed by atoms with van der Waals surface area (Å²) in [7, 11) is -5.01. The summed E-state index contributed by atoms with van der Waals surface area (Å²) in [5.41, 5.74) is -0.505. The fourth-order valence-electron chi connectivity index (χ4n) is 6.89. The summed E-state index contributed by atoms with van der Waals surface area (Å²) in [6, 6.07) is 14.2. The van der Waals surface area contributed by atoms with Crippen molar-refractivity contribution in [3.8, 4) is 23.0 Å². The number of carboxylic acids is 1. The Bertz CT molecular complexity index is 2580. The molecule has 2 aromatic heterocycles. The summed E-state index contributed by atoms with van der Waals surface area (Å²) in [6.07, 6.45) is -2.50. The Balaban J connectivity index is 0.000000793. The second-order valence-corrected chi connectivity index (χ2v) is 16.1. The maximum Gasteiger partial charge on any atom is 0.490 e.